The summed E-state index contributed by atoms with van der Waals surface area (Å²) in [7, 11) is 0. The second-order valence-corrected chi connectivity index (χ2v) is 1.02. The number of hydrogen-bond donors (Lipinski definition) is 1. The average molecular weight is 93.1 g/mol. The Morgan fingerprint density at radius 1 is 1.86 bits per heavy atom. The van der Waals surface area contributed by atoms with Crippen molar-refractivity contribution in [3.05, 3.63) is 23.8 Å². The van der Waals surface area contributed by atoms with Crippen molar-refractivity contribution in [3.63, 3.8) is 0 Å². The van der Waals surface area contributed by atoms with Crippen molar-refractivity contribution in [2.24, 2.45) is 0 Å². The molecule has 0 aromatic carbocycles. The lowest BCUT2D eigenvalue weighted by Gasteiger charge is -1.70. The van der Waals surface area contributed by atoms with Crippen LogP contribution in [0.2, 0.25) is 0 Å². The maximum Gasteiger partial charge on any atom is 0.336 e. The van der Waals surface area contributed by atoms with E-state index in [2.05, 4.69) is 14.8 Å². The highest BCUT2D eigenvalue weighted by Crippen LogP contribution is 1.96. The molecular weight excluding hydrogens is 90.1 g/mol. The quantitative estimate of drug-likeness (QED) is 0.476. The SMILES string of the molecule is [C-]#[N+]c1ncc[nH]1. The van der Waals surface area contributed by atoms with Gasteiger partial charge in [0.1, 0.15) is 6.20 Å². The van der Waals surface area contributed by atoms with Gasteiger partial charge in [0.15, 0.2) is 0 Å². The zero-order chi connectivity index (χ0) is 5.11. The summed E-state index contributed by atoms with van der Waals surface area (Å²) in [6.07, 6.45) is 3.17. The van der Waals surface area contributed by atoms with Crippen molar-refractivity contribution in [3.8, 4) is 0 Å². The first kappa shape index (κ1) is 3.88. The third-order valence-corrected chi connectivity index (χ3v) is 0.590. The summed E-state index contributed by atoms with van der Waals surface area (Å²) in [5.74, 6) is 0.347. The van der Waals surface area contributed by atoms with E-state index in [0.29, 0.717) is 5.95 Å². The van der Waals surface area contributed by atoms with Crippen LogP contribution in [0.5, 0.6) is 0 Å². The monoisotopic (exact) mass is 93.0 g/mol. The van der Waals surface area contributed by atoms with E-state index in [0.717, 1.165) is 0 Å². The van der Waals surface area contributed by atoms with E-state index in [1.165, 1.54) is 0 Å². The highest BCUT2D eigenvalue weighted by atomic mass is 15.0. The fraction of sp³-hybridized carbons (Fsp3) is 0. The molecule has 1 N–H and O–H groups in total. The highest BCUT2D eigenvalue weighted by Gasteiger charge is 1.83. The van der Waals surface area contributed by atoms with E-state index < -0.39 is 0 Å². The minimum Gasteiger partial charge on any atom is -0.397 e. The van der Waals surface area contributed by atoms with E-state index in [9.17, 15) is 0 Å². The Hall–Kier alpha value is -1.30. The number of nitrogens with one attached hydrogen (secondary N) is 1. The molecule has 0 radical (unpaired) electrons. The van der Waals surface area contributed by atoms with Crippen LogP contribution < -0.4 is 0 Å². The Kier molecular flexibility index (Phi) is 0.794. The Balaban J connectivity index is 3.04. The lowest BCUT2D eigenvalue weighted by atomic mass is 11.0. The molecule has 0 bridgehead atoms. The molecule has 7 heavy (non-hydrogen) atoms. The van der Waals surface area contributed by atoms with Gasteiger partial charge >= 0.3 is 5.95 Å². The lowest BCUT2D eigenvalue weighted by molar-refractivity contribution is 1.35. The summed E-state index contributed by atoms with van der Waals surface area (Å²) in [6.45, 7) is 6.39. The molecule has 0 fully saturated rings. The van der Waals surface area contributed by atoms with Gasteiger partial charge in [0, 0.05) is 0 Å². The number of aromatic nitrogens is 2. The maximum absolute atomic E-state index is 6.39. The van der Waals surface area contributed by atoms with Crippen LogP contribution in [0.3, 0.4) is 0 Å². The van der Waals surface area contributed by atoms with E-state index in [1.54, 1.807) is 12.4 Å². The molecule has 0 atom stereocenters. The number of rotatable bonds is 0. The van der Waals surface area contributed by atoms with Gasteiger partial charge in [0.25, 0.3) is 0 Å². The molecule has 0 saturated carbocycles. The molecule has 0 amide bonds. The molecule has 0 aliphatic heterocycles. The molecule has 0 saturated heterocycles. The van der Waals surface area contributed by atoms with Crippen molar-refractivity contribution in [2.45, 2.75) is 0 Å². The first-order chi connectivity index (χ1) is 3.43. The van der Waals surface area contributed by atoms with Crippen LogP contribution in [0.1, 0.15) is 0 Å². The van der Waals surface area contributed by atoms with Crippen LogP contribution in [0.15, 0.2) is 12.4 Å². The molecule has 0 aliphatic carbocycles. The summed E-state index contributed by atoms with van der Waals surface area (Å²) < 4.78 is 0. The van der Waals surface area contributed by atoms with E-state index in [-0.39, 0.29) is 0 Å². The number of H-pyrrole nitrogens is 1. The molecule has 34 valence electrons. The lowest BCUT2D eigenvalue weighted by Crippen LogP contribution is -1.54. The molecule has 0 unspecified atom stereocenters. The molecular formula is C4H3N3. The first-order valence-corrected chi connectivity index (χ1v) is 1.80. The van der Waals surface area contributed by atoms with Crippen LogP contribution in [0, 0.1) is 6.57 Å². The van der Waals surface area contributed by atoms with Crippen molar-refractivity contribution >= 4 is 5.95 Å². The van der Waals surface area contributed by atoms with E-state index in [1.807, 2.05) is 0 Å². The van der Waals surface area contributed by atoms with Crippen LogP contribution in [-0.4, -0.2) is 9.97 Å². The zero-order valence-corrected chi connectivity index (χ0v) is 3.55. The van der Waals surface area contributed by atoms with Gasteiger partial charge in [0.05, 0.1) is 6.20 Å². The number of aromatic amines is 1. The number of imidazole rings is 1. The normalized spacial score (nSPS) is 7.86. The van der Waals surface area contributed by atoms with Crippen LogP contribution >= 0.6 is 0 Å². The molecule has 1 rings (SSSR count). The number of hydrogen-bond acceptors (Lipinski definition) is 1. The Labute approximate surface area is 40.8 Å². The van der Waals surface area contributed by atoms with Crippen LogP contribution in [0.25, 0.3) is 4.85 Å². The summed E-state index contributed by atoms with van der Waals surface area (Å²) >= 11 is 0. The summed E-state index contributed by atoms with van der Waals surface area (Å²) in [5, 5.41) is 0. The average Bonchev–Trinajstić information content (AvgIpc) is 2.14. The minimum absolute atomic E-state index is 0.347. The Bertz CT molecular complexity index is 169. The predicted octanol–water partition coefficient (Wildman–Crippen LogP) is 0.960. The van der Waals surface area contributed by atoms with Gasteiger partial charge < -0.3 is 9.83 Å². The van der Waals surface area contributed by atoms with Crippen molar-refractivity contribution in [2.75, 3.05) is 0 Å². The van der Waals surface area contributed by atoms with E-state index >= 15 is 0 Å². The third-order valence-electron chi connectivity index (χ3n) is 0.590. The zero-order valence-electron chi connectivity index (χ0n) is 3.55. The van der Waals surface area contributed by atoms with Crippen LogP contribution in [0.4, 0.5) is 5.95 Å². The molecule has 1 aromatic rings. The summed E-state index contributed by atoms with van der Waals surface area (Å²) in [6, 6.07) is 0. The van der Waals surface area contributed by atoms with Gasteiger partial charge in [-0.1, -0.05) is 0 Å². The van der Waals surface area contributed by atoms with Crippen molar-refractivity contribution in [1.82, 2.24) is 9.97 Å². The largest absolute Gasteiger partial charge is 0.397 e. The molecule has 0 aliphatic rings. The molecule has 1 heterocycles. The maximum atomic E-state index is 6.39. The van der Waals surface area contributed by atoms with Crippen molar-refractivity contribution in [1.29, 1.82) is 0 Å². The standard InChI is InChI=1S/C4H3N3/c1-5-4-6-2-3-7-4/h2-3H,(H,6,7). The highest BCUT2D eigenvalue weighted by molar-refractivity contribution is 5.22. The Morgan fingerprint density at radius 2 is 2.71 bits per heavy atom. The smallest absolute Gasteiger partial charge is 0.336 e. The van der Waals surface area contributed by atoms with Gasteiger partial charge in [-0.15, -0.1) is 6.57 Å². The fourth-order valence-electron chi connectivity index (χ4n) is 0.318. The van der Waals surface area contributed by atoms with Gasteiger partial charge in [-0.3, -0.25) is 0 Å². The van der Waals surface area contributed by atoms with E-state index in [4.69, 9.17) is 6.57 Å². The molecule has 1 aromatic heterocycles. The topological polar surface area (TPSA) is 33.0 Å². The predicted molar refractivity (Wildman–Crippen MR) is 24.8 cm³/mol. The Morgan fingerprint density at radius 3 is 3.00 bits per heavy atom. The fourth-order valence-corrected chi connectivity index (χ4v) is 0.318. The van der Waals surface area contributed by atoms with Crippen molar-refractivity contribution < 1.29 is 0 Å². The third kappa shape index (κ3) is 0.578. The summed E-state index contributed by atoms with van der Waals surface area (Å²) in [5.41, 5.74) is 0. The van der Waals surface area contributed by atoms with Gasteiger partial charge in [-0.05, 0) is 0 Å². The second-order valence-electron chi connectivity index (χ2n) is 1.02. The minimum atomic E-state index is 0.347. The van der Waals surface area contributed by atoms with Gasteiger partial charge in [-0.25, -0.2) is 0 Å². The second kappa shape index (κ2) is 1.43. The number of nitrogens with zero attached hydrogens (tertiary/aromatic N) is 2. The summed E-state index contributed by atoms with van der Waals surface area (Å²) in [4.78, 5) is 9.26. The van der Waals surface area contributed by atoms with Gasteiger partial charge in [0.2, 0.25) is 0 Å². The molecule has 3 nitrogen and oxygen atoms in total. The first-order valence-electron chi connectivity index (χ1n) is 1.80. The molecule has 0 spiro atoms. The van der Waals surface area contributed by atoms with Crippen LogP contribution in [-0.2, 0) is 0 Å². The molecule has 3 heteroatoms. The van der Waals surface area contributed by atoms with Gasteiger partial charge in [-0.2, -0.15) is 4.98 Å².